The van der Waals surface area contributed by atoms with Crippen LogP contribution in [-0.2, 0) is 9.47 Å². The Morgan fingerprint density at radius 1 is 1.20 bits per heavy atom. The number of hydrogen-bond acceptors (Lipinski definition) is 5. The Morgan fingerprint density at radius 3 is 2.67 bits per heavy atom. The second kappa shape index (κ2) is 5.77. The monoisotopic (exact) mass is 216 g/mol. The van der Waals surface area contributed by atoms with E-state index in [1.54, 1.807) is 0 Å². The summed E-state index contributed by atoms with van der Waals surface area (Å²) in [6.45, 7) is 6.75. The lowest BCUT2D eigenvalue weighted by molar-refractivity contribution is 0.0375. The zero-order valence-electron chi connectivity index (χ0n) is 9.02. The van der Waals surface area contributed by atoms with Crippen LogP contribution in [0.15, 0.2) is 0 Å². The first kappa shape index (κ1) is 11.3. The minimum Gasteiger partial charge on any atom is -0.389 e. The Labute approximate surface area is 90.3 Å². The standard InChI is InChI=1S/C10H20N2O3/c13-10-8-15-7-9(10)11-1-2-12-3-5-14-6-4-12/h9-11,13H,1-8H2. The van der Waals surface area contributed by atoms with E-state index in [0.717, 1.165) is 39.4 Å². The molecule has 88 valence electrons. The van der Waals surface area contributed by atoms with E-state index in [0.29, 0.717) is 13.2 Å². The predicted molar refractivity (Wildman–Crippen MR) is 55.9 cm³/mol. The summed E-state index contributed by atoms with van der Waals surface area (Å²) in [4.78, 5) is 2.37. The van der Waals surface area contributed by atoms with Gasteiger partial charge in [-0.1, -0.05) is 0 Å². The summed E-state index contributed by atoms with van der Waals surface area (Å²) in [5.41, 5.74) is 0. The smallest absolute Gasteiger partial charge is 0.0948 e. The average molecular weight is 216 g/mol. The number of rotatable bonds is 4. The molecule has 2 atom stereocenters. The molecule has 0 saturated carbocycles. The highest BCUT2D eigenvalue weighted by Crippen LogP contribution is 2.04. The van der Waals surface area contributed by atoms with Crippen LogP contribution in [0.5, 0.6) is 0 Å². The summed E-state index contributed by atoms with van der Waals surface area (Å²) in [6, 6.07) is 0.117. The number of ether oxygens (including phenoxy) is 2. The number of morpholine rings is 1. The van der Waals surface area contributed by atoms with Gasteiger partial charge >= 0.3 is 0 Å². The largest absolute Gasteiger partial charge is 0.389 e. The third-order valence-corrected chi connectivity index (χ3v) is 2.99. The molecule has 0 aromatic heterocycles. The lowest BCUT2D eigenvalue weighted by atomic mass is 10.2. The molecule has 2 saturated heterocycles. The quantitative estimate of drug-likeness (QED) is 0.610. The number of aliphatic hydroxyl groups is 1. The van der Waals surface area contributed by atoms with Gasteiger partial charge in [0.25, 0.3) is 0 Å². The molecule has 2 unspecified atom stereocenters. The topological polar surface area (TPSA) is 54.0 Å². The molecule has 2 fully saturated rings. The molecular formula is C10H20N2O3. The summed E-state index contributed by atoms with van der Waals surface area (Å²) in [5.74, 6) is 0. The van der Waals surface area contributed by atoms with Crippen molar-refractivity contribution in [2.75, 3.05) is 52.6 Å². The van der Waals surface area contributed by atoms with Crippen molar-refractivity contribution in [3.8, 4) is 0 Å². The molecule has 2 rings (SSSR count). The Bertz CT molecular complexity index is 186. The normalized spacial score (nSPS) is 33.4. The maximum Gasteiger partial charge on any atom is 0.0948 e. The number of nitrogens with one attached hydrogen (secondary N) is 1. The molecule has 2 heterocycles. The molecule has 0 radical (unpaired) electrons. The molecule has 0 amide bonds. The SMILES string of the molecule is OC1COCC1NCCN1CCOCC1. The van der Waals surface area contributed by atoms with E-state index in [2.05, 4.69) is 10.2 Å². The van der Waals surface area contributed by atoms with Crippen LogP contribution in [0.2, 0.25) is 0 Å². The highest BCUT2D eigenvalue weighted by atomic mass is 16.5. The highest BCUT2D eigenvalue weighted by Gasteiger charge is 2.25. The Kier molecular flexibility index (Phi) is 4.34. The molecule has 0 aliphatic carbocycles. The van der Waals surface area contributed by atoms with E-state index in [-0.39, 0.29) is 12.1 Å². The Hall–Kier alpha value is -0.200. The van der Waals surface area contributed by atoms with E-state index < -0.39 is 0 Å². The van der Waals surface area contributed by atoms with E-state index in [1.165, 1.54) is 0 Å². The van der Waals surface area contributed by atoms with Crippen LogP contribution in [0.4, 0.5) is 0 Å². The van der Waals surface area contributed by atoms with Crippen molar-refractivity contribution in [3.05, 3.63) is 0 Å². The minimum absolute atomic E-state index is 0.117. The molecule has 2 aliphatic heterocycles. The highest BCUT2D eigenvalue weighted by molar-refractivity contribution is 4.80. The van der Waals surface area contributed by atoms with Gasteiger partial charge in [0.05, 0.1) is 38.6 Å². The lowest BCUT2D eigenvalue weighted by Gasteiger charge is -2.27. The zero-order valence-corrected chi connectivity index (χ0v) is 9.02. The minimum atomic E-state index is -0.338. The fraction of sp³-hybridized carbons (Fsp3) is 1.00. The van der Waals surface area contributed by atoms with Gasteiger partial charge in [0.2, 0.25) is 0 Å². The third-order valence-electron chi connectivity index (χ3n) is 2.99. The molecule has 2 N–H and O–H groups in total. The maximum absolute atomic E-state index is 9.50. The molecule has 5 heteroatoms. The molecule has 0 spiro atoms. The summed E-state index contributed by atoms with van der Waals surface area (Å²) < 4.78 is 10.4. The third kappa shape index (κ3) is 3.39. The second-order valence-corrected chi connectivity index (χ2v) is 4.12. The maximum atomic E-state index is 9.50. The van der Waals surface area contributed by atoms with Gasteiger partial charge in [-0.3, -0.25) is 4.90 Å². The second-order valence-electron chi connectivity index (χ2n) is 4.12. The molecule has 2 aliphatic rings. The zero-order chi connectivity index (χ0) is 10.5. The van der Waals surface area contributed by atoms with Gasteiger partial charge in [-0.2, -0.15) is 0 Å². The van der Waals surface area contributed by atoms with Crippen LogP contribution in [0.1, 0.15) is 0 Å². The van der Waals surface area contributed by atoms with Crippen molar-refractivity contribution in [1.82, 2.24) is 10.2 Å². The molecule has 0 bridgehead atoms. The number of nitrogens with zero attached hydrogens (tertiary/aromatic N) is 1. The van der Waals surface area contributed by atoms with Crippen molar-refractivity contribution < 1.29 is 14.6 Å². The first-order valence-electron chi connectivity index (χ1n) is 5.65. The van der Waals surface area contributed by atoms with Crippen LogP contribution in [0, 0.1) is 0 Å². The Balaban J connectivity index is 1.57. The summed E-state index contributed by atoms with van der Waals surface area (Å²) in [6.07, 6.45) is -0.338. The van der Waals surface area contributed by atoms with E-state index >= 15 is 0 Å². The molecule has 5 nitrogen and oxygen atoms in total. The molecular weight excluding hydrogens is 196 g/mol. The first-order chi connectivity index (χ1) is 7.36. The van der Waals surface area contributed by atoms with Gasteiger partial charge < -0.3 is 19.9 Å². The van der Waals surface area contributed by atoms with Crippen molar-refractivity contribution in [3.63, 3.8) is 0 Å². The Morgan fingerprint density at radius 2 is 2.00 bits per heavy atom. The van der Waals surface area contributed by atoms with E-state index in [4.69, 9.17) is 9.47 Å². The fourth-order valence-electron chi connectivity index (χ4n) is 1.97. The predicted octanol–water partition coefficient (Wildman–Crippen LogP) is -1.33. The van der Waals surface area contributed by atoms with E-state index in [9.17, 15) is 5.11 Å². The van der Waals surface area contributed by atoms with Gasteiger partial charge in [-0.25, -0.2) is 0 Å². The summed E-state index contributed by atoms with van der Waals surface area (Å²) in [5, 5.41) is 12.8. The van der Waals surface area contributed by atoms with Gasteiger partial charge in [0.1, 0.15) is 0 Å². The van der Waals surface area contributed by atoms with Crippen molar-refractivity contribution in [1.29, 1.82) is 0 Å². The van der Waals surface area contributed by atoms with Crippen molar-refractivity contribution in [2.24, 2.45) is 0 Å². The average Bonchev–Trinajstić information content (AvgIpc) is 2.66. The van der Waals surface area contributed by atoms with Crippen molar-refractivity contribution in [2.45, 2.75) is 12.1 Å². The van der Waals surface area contributed by atoms with E-state index in [1.807, 2.05) is 0 Å². The van der Waals surface area contributed by atoms with Crippen LogP contribution in [0.3, 0.4) is 0 Å². The van der Waals surface area contributed by atoms with Crippen LogP contribution < -0.4 is 5.32 Å². The van der Waals surface area contributed by atoms with Crippen LogP contribution in [-0.4, -0.2) is 74.8 Å². The fourth-order valence-corrected chi connectivity index (χ4v) is 1.97. The lowest BCUT2D eigenvalue weighted by Crippen LogP contribution is -2.45. The molecule has 15 heavy (non-hydrogen) atoms. The van der Waals surface area contributed by atoms with Gasteiger partial charge in [0.15, 0.2) is 0 Å². The van der Waals surface area contributed by atoms with Gasteiger partial charge in [-0.05, 0) is 0 Å². The molecule has 0 aromatic carbocycles. The summed E-state index contributed by atoms with van der Waals surface area (Å²) in [7, 11) is 0. The molecule has 0 aromatic rings. The van der Waals surface area contributed by atoms with Gasteiger partial charge in [0, 0.05) is 26.2 Å². The number of hydrogen-bond donors (Lipinski definition) is 2. The van der Waals surface area contributed by atoms with Gasteiger partial charge in [-0.15, -0.1) is 0 Å². The number of aliphatic hydroxyl groups excluding tert-OH is 1. The summed E-state index contributed by atoms with van der Waals surface area (Å²) >= 11 is 0. The van der Waals surface area contributed by atoms with Crippen LogP contribution >= 0.6 is 0 Å². The van der Waals surface area contributed by atoms with Crippen molar-refractivity contribution >= 4 is 0 Å². The first-order valence-corrected chi connectivity index (χ1v) is 5.65. The van der Waals surface area contributed by atoms with Crippen LogP contribution in [0.25, 0.3) is 0 Å².